The maximum atomic E-state index is 13.0. The van der Waals surface area contributed by atoms with E-state index in [2.05, 4.69) is 24.9 Å². The Morgan fingerprint density at radius 1 is 1.03 bits per heavy atom. The van der Waals surface area contributed by atoms with Crippen LogP contribution in [-0.4, -0.2) is 120 Å². The molecule has 11 nitrogen and oxygen atoms in total. The molecule has 4 rings (SSSR count). The molecule has 1 atom stereocenters. The third-order valence-corrected chi connectivity index (χ3v) is 6.10. The van der Waals surface area contributed by atoms with Crippen LogP contribution in [0.15, 0.2) is 12.4 Å². The molecule has 0 saturated carbocycles. The lowest BCUT2D eigenvalue weighted by molar-refractivity contribution is -0.135. The smallest absolute Gasteiger partial charge is 0.290 e. The van der Waals surface area contributed by atoms with E-state index in [-0.39, 0.29) is 18.4 Å². The summed E-state index contributed by atoms with van der Waals surface area (Å²) >= 11 is 0. The number of ether oxygens (including phenoxy) is 1. The summed E-state index contributed by atoms with van der Waals surface area (Å²) in [5.74, 6) is 0.395. The summed E-state index contributed by atoms with van der Waals surface area (Å²) in [6.45, 7) is 8.90. The predicted octanol–water partition coefficient (Wildman–Crippen LogP) is -0.390. The molecule has 0 aliphatic carbocycles. The molecule has 1 unspecified atom stereocenters. The number of rotatable bonds is 6. The molecule has 3 N–H and O–H groups in total. The van der Waals surface area contributed by atoms with E-state index in [1.807, 2.05) is 12.4 Å². The minimum atomic E-state index is -0.250. The molecule has 1 aromatic heterocycles. The summed E-state index contributed by atoms with van der Waals surface area (Å²) in [6.07, 6.45) is 6.89. The van der Waals surface area contributed by atoms with Crippen LogP contribution in [0.1, 0.15) is 18.4 Å². The van der Waals surface area contributed by atoms with Crippen LogP contribution in [0, 0.1) is 5.41 Å². The van der Waals surface area contributed by atoms with Gasteiger partial charge in [-0.1, -0.05) is 0 Å². The highest BCUT2D eigenvalue weighted by Crippen LogP contribution is 2.40. The number of nitrogens with zero attached hydrogens (tertiary/aromatic N) is 4. The Morgan fingerprint density at radius 3 is 2.35 bits per heavy atom. The lowest BCUT2D eigenvalue weighted by Gasteiger charge is -2.29. The Balaban J connectivity index is 0.000000513. The topological polar surface area (TPSA) is 139 Å². The van der Waals surface area contributed by atoms with Crippen molar-refractivity contribution in [3.63, 3.8) is 0 Å². The highest BCUT2D eigenvalue weighted by Gasteiger charge is 2.50. The van der Waals surface area contributed by atoms with Gasteiger partial charge in [-0.15, -0.1) is 0 Å². The first-order chi connectivity index (χ1) is 15.1. The molecule has 0 aromatic carbocycles. The van der Waals surface area contributed by atoms with Gasteiger partial charge >= 0.3 is 0 Å². The van der Waals surface area contributed by atoms with E-state index in [1.54, 1.807) is 0 Å². The quantitative estimate of drug-likeness (QED) is 0.506. The Bertz CT molecular complexity index is 661. The number of aromatic amines is 1. The van der Waals surface area contributed by atoms with E-state index in [0.29, 0.717) is 5.91 Å². The molecule has 31 heavy (non-hydrogen) atoms. The van der Waals surface area contributed by atoms with Crippen LogP contribution >= 0.6 is 0 Å². The zero-order valence-corrected chi connectivity index (χ0v) is 17.8. The van der Waals surface area contributed by atoms with Crippen molar-refractivity contribution in [2.45, 2.75) is 19.3 Å². The van der Waals surface area contributed by atoms with Crippen molar-refractivity contribution >= 4 is 18.9 Å². The van der Waals surface area contributed by atoms with Crippen LogP contribution in [0.5, 0.6) is 0 Å². The van der Waals surface area contributed by atoms with E-state index in [9.17, 15) is 4.79 Å². The van der Waals surface area contributed by atoms with Gasteiger partial charge in [0.25, 0.3) is 12.9 Å². The molecule has 3 fully saturated rings. The Labute approximate surface area is 181 Å². The van der Waals surface area contributed by atoms with Crippen LogP contribution in [-0.2, 0) is 25.5 Å². The fourth-order valence-corrected chi connectivity index (χ4v) is 4.42. The zero-order chi connectivity index (χ0) is 22.5. The number of H-pyrrole nitrogens is 1. The molecular formula is C20H33N5O6. The Hall–Kier alpha value is -2.50. The van der Waals surface area contributed by atoms with Gasteiger partial charge in [-0.2, -0.15) is 5.10 Å². The van der Waals surface area contributed by atoms with Crippen molar-refractivity contribution in [3.05, 3.63) is 18.0 Å². The third kappa shape index (κ3) is 7.30. The molecule has 3 aliphatic heterocycles. The van der Waals surface area contributed by atoms with Crippen LogP contribution in [0.4, 0.5) is 0 Å². The highest BCUT2D eigenvalue weighted by atomic mass is 16.5. The van der Waals surface area contributed by atoms with Gasteiger partial charge in [0.1, 0.15) is 0 Å². The first-order valence-electron chi connectivity index (χ1n) is 10.5. The fourth-order valence-electron chi connectivity index (χ4n) is 4.42. The molecule has 174 valence electrons. The average Bonchev–Trinajstić information content (AvgIpc) is 3.50. The summed E-state index contributed by atoms with van der Waals surface area (Å²) in [4.78, 5) is 36.7. The number of carboxylic acid groups (broad SMARTS) is 2. The number of hydrogen-bond acceptors (Lipinski definition) is 7. The van der Waals surface area contributed by atoms with Gasteiger partial charge in [0.15, 0.2) is 0 Å². The predicted molar refractivity (Wildman–Crippen MR) is 112 cm³/mol. The summed E-state index contributed by atoms with van der Waals surface area (Å²) < 4.78 is 5.40. The minimum absolute atomic E-state index is 0.110. The molecule has 1 aromatic rings. The van der Waals surface area contributed by atoms with Crippen molar-refractivity contribution in [1.82, 2.24) is 24.9 Å². The van der Waals surface area contributed by atoms with Crippen LogP contribution < -0.4 is 0 Å². The Kier molecular flexibility index (Phi) is 10.4. The monoisotopic (exact) mass is 439 g/mol. The molecule has 0 radical (unpaired) electrons. The molecule has 3 aliphatic rings. The number of morpholine rings is 1. The molecule has 0 bridgehead atoms. The number of hydrogen-bond donors (Lipinski definition) is 3. The highest BCUT2D eigenvalue weighted by molar-refractivity contribution is 5.85. The van der Waals surface area contributed by atoms with Crippen molar-refractivity contribution in [3.8, 4) is 0 Å². The van der Waals surface area contributed by atoms with Gasteiger partial charge in [0, 0.05) is 52.0 Å². The normalized spacial score (nSPS) is 23.7. The standard InChI is InChI=1S/C18H29N5O2.2CH2O2/c24-17-18(2-5-22(15-18)4-1-16-13-19-20-14-16)3-6-23(17)8-7-21-9-11-25-12-10-21;2*2-1-3/h13-14H,1-12,15H2,(H,19,20);2*1H,(H,2,3). The van der Waals surface area contributed by atoms with E-state index in [0.717, 1.165) is 84.8 Å². The maximum Gasteiger partial charge on any atom is 0.290 e. The molecule has 1 spiro atoms. The first kappa shape index (κ1) is 24.8. The number of carbonyl (C=O) groups is 3. The van der Waals surface area contributed by atoms with Crippen LogP contribution in [0.2, 0.25) is 0 Å². The second kappa shape index (κ2) is 13.0. The number of aromatic nitrogens is 2. The third-order valence-electron chi connectivity index (χ3n) is 6.10. The summed E-state index contributed by atoms with van der Waals surface area (Å²) in [5.41, 5.74) is 1.13. The van der Waals surface area contributed by atoms with E-state index >= 15 is 0 Å². The van der Waals surface area contributed by atoms with Gasteiger partial charge in [-0.3, -0.25) is 24.4 Å². The second-order valence-corrected chi connectivity index (χ2v) is 7.87. The van der Waals surface area contributed by atoms with E-state index in [1.165, 1.54) is 5.56 Å². The van der Waals surface area contributed by atoms with E-state index < -0.39 is 0 Å². The first-order valence-corrected chi connectivity index (χ1v) is 10.5. The van der Waals surface area contributed by atoms with Crippen molar-refractivity contribution in [1.29, 1.82) is 0 Å². The molecular weight excluding hydrogens is 406 g/mol. The largest absolute Gasteiger partial charge is 0.483 e. The maximum absolute atomic E-state index is 13.0. The van der Waals surface area contributed by atoms with Gasteiger partial charge in [-0.25, -0.2) is 0 Å². The van der Waals surface area contributed by atoms with Crippen LogP contribution in [0.3, 0.4) is 0 Å². The average molecular weight is 440 g/mol. The molecule has 11 heteroatoms. The summed E-state index contributed by atoms with van der Waals surface area (Å²) in [6, 6.07) is 0. The molecule has 4 heterocycles. The van der Waals surface area contributed by atoms with Gasteiger partial charge in [-0.05, 0) is 31.4 Å². The lowest BCUT2D eigenvalue weighted by atomic mass is 9.85. The van der Waals surface area contributed by atoms with Gasteiger partial charge in [0.05, 0.1) is 24.8 Å². The van der Waals surface area contributed by atoms with Crippen molar-refractivity contribution < 1.29 is 29.3 Å². The van der Waals surface area contributed by atoms with Crippen molar-refractivity contribution in [2.24, 2.45) is 5.41 Å². The van der Waals surface area contributed by atoms with Crippen LogP contribution in [0.25, 0.3) is 0 Å². The summed E-state index contributed by atoms with van der Waals surface area (Å²) in [7, 11) is 0. The SMILES string of the molecule is O=C1N(CCN2CCOCC2)CCC12CCN(CCc1cn[nH]c1)C2.O=CO.O=CO. The number of likely N-dealkylation sites (tertiary alicyclic amines) is 2. The fraction of sp³-hybridized carbons (Fsp3) is 0.700. The lowest BCUT2D eigenvalue weighted by Crippen LogP contribution is -2.43. The van der Waals surface area contributed by atoms with Crippen molar-refractivity contribution in [2.75, 3.05) is 65.6 Å². The zero-order valence-electron chi connectivity index (χ0n) is 17.8. The number of carbonyl (C=O) groups excluding carboxylic acids is 1. The number of amides is 1. The second-order valence-electron chi connectivity index (χ2n) is 7.87. The molecule has 1 amide bonds. The summed E-state index contributed by atoms with van der Waals surface area (Å²) in [5, 5.41) is 20.6. The Morgan fingerprint density at radius 2 is 1.71 bits per heavy atom. The van der Waals surface area contributed by atoms with E-state index in [4.69, 9.17) is 24.5 Å². The minimum Gasteiger partial charge on any atom is -0.483 e. The number of nitrogens with one attached hydrogen (secondary N) is 1. The molecule has 3 saturated heterocycles. The van der Waals surface area contributed by atoms with Gasteiger partial charge in [0.2, 0.25) is 5.91 Å². The van der Waals surface area contributed by atoms with Gasteiger partial charge < -0.3 is 24.7 Å².